The van der Waals surface area contributed by atoms with Crippen molar-refractivity contribution in [3.63, 3.8) is 0 Å². The molecule has 164 valence electrons. The first-order chi connectivity index (χ1) is 14.9. The molecule has 4 heterocycles. The Morgan fingerprint density at radius 1 is 1.19 bits per heavy atom. The molecule has 1 saturated heterocycles. The molecule has 0 spiro atoms. The smallest absolute Gasteiger partial charge is 0.130 e. The van der Waals surface area contributed by atoms with Gasteiger partial charge in [-0.2, -0.15) is 5.10 Å². The Morgan fingerprint density at radius 3 is 2.74 bits per heavy atom. The van der Waals surface area contributed by atoms with Crippen LogP contribution in [0.25, 0.3) is 0 Å². The van der Waals surface area contributed by atoms with Gasteiger partial charge in [0.2, 0.25) is 0 Å². The van der Waals surface area contributed by atoms with Crippen LogP contribution in [0.4, 0.5) is 11.5 Å². The highest BCUT2D eigenvalue weighted by atomic mass is 16.5. The third-order valence-electron chi connectivity index (χ3n) is 5.74. The van der Waals surface area contributed by atoms with Crippen LogP contribution in [0.15, 0.2) is 36.5 Å². The van der Waals surface area contributed by atoms with Gasteiger partial charge >= 0.3 is 0 Å². The molecule has 1 aliphatic rings. The van der Waals surface area contributed by atoms with Crippen LogP contribution in [0.2, 0.25) is 0 Å². The number of morpholine rings is 1. The lowest BCUT2D eigenvalue weighted by Gasteiger charge is -2.33. The number of hydrogen-bond donors (Lipinski definition) is 1. The van der Waals surface area contributed by atoms with E-state index in [2.05, 4.69) is 53.6 Å². The van der Waals surface area contributed by atoms with Gasteiger partial charge in [-0.15, -0.1) is 0 Å². The van der Waals surface area contributed by atoms with Crippen molar-refractivity contribution < 1.29 is 4.74 Å². The number of rotatable bonds is 6. The Labute approximate surface area is 184 Å². The van der Waals surface area contributed by atoms with Crippen LogP contribution in [0, 0.1) is 20.8 Å². The maximum absolute atomic E-state index is 6.13. The zero-order chi connectivity index (χ0) is 22.0. The van der Waals surface area contributed by atoms with E-state index in [-0.39, 0.29) is 6.10 Å². The second-order valence-corrected chi connectivity index (χ2v) is 8.54. The van der Waals surface area contributed by atoms with E-state index in [1.807, 2.05) is 31.2 Å². The molecule has 3 aromatic rings. The first-order valence-electron chi connectivity index (χ1n) is 11.0. The number of anilines is 2. The van der Waals surface area contributed by atoms with Crippen LogP contribution in [0.3, 0.4) is 0 Å². The van der Waals surface area contributed by atoms with Crippen molar-refractivity contribution in [1.82, 2.24) is 24.6 Å². The highest BCUT2D eigenvalue weighted by Gasteiger charge is 2.25. The topological polar surface area (TPSA) is 68.1 Å². The molecule has 0 unspecified atom stereocenters. The minimum atomic E-state index is -0.0568. The molecule has 31 heavy (non-hydrogen) atoms. The molecule has 0 aliphatic carbocycles. The average Bonchev–Trinajstić information content (AvgIpc) is 3.03. The summed E-state index contributed by atoms with van der Waals surface area (Å²) in [6, 6.07) is 10.3. The molecular formula is C24H32N6O. The molecule has 0 aromatic carbocycles. The molecular weight excluding hydrogens is 388 g/mol. The van der Waals surface area contributed by atoms with Gasteiger partial charge in [0.1, 0.15) is 11.9 Å². The molecule has 0 amide bonds. The maximum Gasteiger partial charge on any atom is 0.130 e. The van der Waals surface area contributed by atoms with Crippen molar-refractivity contribution in [2.24, 2.45) is 0 Å². The fourth-order valence-corrected chi connectivity index (χ4v) is 4.19. The molecule has 4 rings (SSSR count). The normalized spacial score (nSPS) is 17.3. The Hall–Kier alpha value is -2.77. The highest BCUT2D eigenvalue weighted by Crippen LogP contribution is 2.27. The zero-order valence-electron chi connectivity index (χ0n) is 19.1. The number of ether oxygens (including phenoxy) is 1. The van der Waals surface area contributed by atoms with E-state index in [1.54, 1.807) is 6.20 Å². The van der Waals surface area contributed by atoms with Gasteiger partial charge in [0, 0.05) is 54.5 Å². The fraction of sp³-hybridized carbons (Fsp3) is 0.458. The van der Waals surface area contributed by atoms with Crippen molar-refractivity contribution >= 4 is 11.5 Å². The largest absolute Gasteiger partial charge is 0.369 e. The summed E-state index contributed by atoms with van der Waals surface area (Å²) < 4.78 is 8.25. The summed E-state index contributed by atoms with van der Waals surface area (Å²) in [6.45, 7) is 13.9. The summed E-state index contributed by atoms with van der Waals surface area (Å²) in [7, 11) is 0. The van der Waals surface area contributed by atoms with Crippen molar-refractivity contribution in [1.29, 1.82) is 0 Å². The van der Waals surface area contributed by atoms with Crippen molar-refractivity contribution in [3.8, 4) is 0 Å². The van der Waals surface area contributed by atoms with Crippen LogP contribution in [-0.2, 0) is 11.3 Å². The number of hydrogen-bond acceptors (Lipinski definition) is 6. The summed E-state index contributed by atoms with van der Waals surface area (Å²) in [4.78, 5) is 11.6. The van der Waals surface area contributed by atoms with Crippen LogP contribution in [-0.4, -0.2) is 44.3 Å². The van der Waals surface area contributed by atoms with Crippen LogP contribution >= 0.6 is 0 Å². The lowest BCUT2D eigenvalue weighted by Crippen LogP contribution is -2.38. The molecule has 7 nitrogen and oxygen atoms in total. The Kier molecular flexibility index (Phi) is 6.34. The quantitative estimate of drug-likeness (QED) is 0.633. The predicted octanol–water partition coefficient (Wildman–Crippen LogP) is 4.50. The third-order valence-corrected chi connectivity index (χ3v) is 5.74. The standard InChI is InChI=1S/C24H32N6O/c1-16(2)30-19(5)21(18(4)28-30)14-29-10-11-31-23(15-29)22-13-20(12-17(3)26-22)27-24-8-6-7-9-25-24/h6-9,12-13,16,23H,10-11,14-15H2,1-5H3,(H,25,26,27)/t23-/m0/s1. The lowest BCUT2D eigenvalue weighted by atomic mass is 10.1. The van der Waals surface area contributed by atoms with E-state index in [0.29, 0.717) is 12.6 Å². The van der Waals surface area contributed by atoms with Crippen molar-refractivity contribution in [3.05, 3.63) is 64.9 Å². The van der Waals surface area contributed by atoms with Gasteiger partial charge in [0.05, 0.1) is 18.0 Å². The van der Waals surface area contributed by atoms with Crippen molar-refractivity contribution in [2.45, 2.75) is 53.3 Å². The SMILES string of the molecule is Cc1cc(Nc2ccccn2)cc([C@@H]2CN(Cc3c(C)nn(C(C)C)c3C)CCO2)n1. The summed E-state index contributed by atoms with van der Waals surface area (Å²) >= 11 is 0. The van der Waals surface area contributed by atoms with Crippen LogP contribution in [0.5, 0.6) is 0 Å². The highest BCUT2D eigenvalue weighted by molar-refractivity contribution is 5.56. The molecule has 3 aromatic heterocycles. The van der Waals surface area contributed by atoms with E-state index in [1.165, 1.54) is 11.3 Å². The monoisotopic (exact) mass is 420 g/mol. The van der Waals surface area contributed by atoms with Gasteiger partial charge in [0.15, 0.2) is 0 Å². The minimum absolute atomic E-state index is 0.0568. The fourth-order valence-electron chi connectivity index (χ4n) is 4.19. The number of aromatic nitrogens is 4. The number of pyridine rings is 2. The molecule has 0 bridgehead atoms. The molecule has 0 saturated carbocycles. The van der Waals surface area contributed by atoms with E-state index in [0.717, 1.165) is 48.2 Å². The summed E-state index contributed by atoms with van der Waals surface area (Å²) in [5, 5.41) is 8.12. The van der Waals surface area contributed by atoms with Crippen LogP contribution < -0.4 is 5.32 Å². The first kappa shape index (κ1) is 21.5. The summed E-state index contributed by atoms with van der Waals surface area (Å²) in [5.74, 6) is 0.818. The second-order valence-electron chi connectivity index (χ2n) is 8.54. The summed E-state index contributed by atoms with van der Waals surface area (Å²) in [5.41, 5.74) is 6.59. The molecule has 1 fully saturated rings. The van der Waals surface area contributed by atoms with Gasteiger partial charge in [0.25, 0.3) is 0 Å². The van der Waals surface area contributed by atoms with E-state index >= 15 is 0 Å². The van der Waals surface area contributed by atoms with Gasteiger partial charge in [-0.25, -0.2) is 4.98 Å². The third kappa shape index (κ3) is 4.94. The Balaban J connectivity index is 1.50. The average molecular weight is 421 g/mol. The van der Waals surface area contributed by atoms with Gasteiger partial charge in [-0.1, -0.05) is 6.07 Å². The number of nitrogens with one attached hydrogen (secondary N) is 1. The first-order valence-corrected chi connectivity index (χ1v) is 11.0. The van der Waals surface area contributed by atoms with Crippen LogP contribution in [0.1, 0.15) is 54.3 Å². The Morgan fingerprint density at radius 2 is 2.03 bits per heavy atom. The minimum Gasteiger partial charge on any atom is -0.369 e. The predicted molar refractivity (Wildman–Crippen MR) is 123 cm³/mol. The number of nitrogens with zero attached hydrogens (tertiary/aromatic N) is 5. The second kappa shape index (κ2) is 9.16. The van der Waals surface area contributed by atoms with Gasteiger partial charge in [-0.3, -0.25) is 14.6 Å². The zero-order valence-corrected chi connectivity index (χ0v) is 19.1. The molecule has 7 heteroatoms. The van der Waals surface area contributed by atoms with E-state index < -0.39 is 0 Å². The van der Waals surface area contributed by atoms with Gasteiger partial charge in [-0.05, 0) is 58.9 Å². The number of aryl methyl sites for hydroxylation is 2. The molecule has 1 aliphatic heterocycles. The molecule has 1 N–H and O–H groups in total. The maximum atomic E-state index is 6.13. The summed E-state index contributed by atoms with van der Waals surface area (Å²) in [6.07, 6.45) is 1.73. The van der Waals surface area contributed by atoms with Crippen molar-refractivity contribution in [2.75, 3.05) is 25.0 Å². The molecule has 0 radical (unpaired) electrons. The molecule has 1 atom stereocenters. The van der Waals surface area contributed by atoms with Gasteiger partial charge < -0.3 is 10.1 Å². The lowest BCUT2D eigenvalue weighted by molar-refractivity contribution is -0.0351. The Bertz CT molecular complexity index is 1030. The van der Waals surface area contributed by atoms with E-state index in [9.17, 15) is 0 Å². The van der Waals surface area contributed by atoms with E-state index in [4.69, 9.17) is 14.8 Å².